The Morgan fingerprint density at radius 2 is 1.96 bits per heavy atom. The molecule has 3 rings (SSSR count). The van der Waals surface area contributed by atoms with E-state index in [1.807, 2.05) is 6.07 Å². The number of benzene rings is 1. The van der Waals surface area contributed by atoms with Gasteiger partial charge in [-0.3, -0.25) is 4.79 Å². The lowest BCUT2D eigenvalue weighted by molar-refractivity contribution is -0.141. The summed E-state index contributed by atoms with van der Waals surface area (Å²) in [6.07, 6.45) is -3.18. The fourth-order valence-electron chi connectivity index (χ4n) is 3.03. The lowest BCUT2D eigenvalue weighted by Gasteiger charge is -2.16. The van der Waals surface area contributed by atoms with Gasteiger partial charge in [0.2, 0.25) is 5.91 Å². The van der Waals surface area contributed by atoms with E-state index in [1.165, 1.54) is 6.92 Å². The smallest absolute Gasteiger partial charge is 0.338 e. The van der Waals surface area contributed by atoms with Crippen molar-refractivity contribution in [2.45, 2.75) is 32.5 Å². The van der Waals surface area contributed by atoms with Crippen LogP contribution in [0.3, 0.4) is 0 Å². The predicted octanol–water partition coefficient (Wildman–Crippen LogP) is 4.07. The van der Waals surface area contributed by atoms with Crippen LogP contribution in [-0.2, 0) is 17.5 Å². The number of pyridine rings is 1. The average molecular weight is 359 g/mol. The van der Waals surface area contributed by atoms with E-state index in [-0.39, 0.29) is 22.7 Å². The third kappa shape index (κ3) is 3.54. The molecule has 1 amide bonds. The number of nitriles is 1. The van der Waals surface area contributed by atoms with E-state index in [0.717, 1.165) is 18.1 Å². The lowest BCUT2D eigenvalue weighted by atomic mass is 10.0. The van der Waals surface area contributed by atoms with Gasteiger partial charge >= 0.3 is 6.18 Å². The van der Waals surface area contributed by atoms with Crippen molar-refractivity contribution in [3.05, 3.63) is 52.7 Å². The molecule has 1 aromatic carbocycles. The van der Waals surface area contributed by atoms with Crippen LogP contribution in [0.15, 0.2) is 30.3 Å². The van der Waals surface area contributed by atoms with E-state index in [9.17, 15) is 23.2 Å². The minimum Gasteiger partial charge on any atom is -0.338 e. The largest absolute Gasteiger partial charge is 0.433 e. The minimum absolute atomic E-state index is 0.0172. The first-order valence-electron chi connectivity index (χ1n) is 8.15. The van der Waals surface area contributed by atoms with Crippen molar-refractivity contribution in [3.63, 3.8) is 0 Å². The van der Waals surface area contributed by atoms with Gasteiger partial charge in [-0.25, -0.2) is 4.98 Å². The van der Waals surface area contributed by atoms with Gasteiger partial charge in [0.15, 0.2) is 0 Å². The number of halogens is 3. The molecular weight excluding hydrogens is 343 g/mol. The first-order valence-corrected chi connectivity index (χ1v) is 8.15. The standard InChI is InChI=1S/C19H16F3N3O/c1-12-9-16(19(20,21)22)24-18(15(12)10-23)14-6-4-13(5-7-14)11-25-8-2-3-17(25)26/h4-7,9H,2-3,8,11H2,1H3. The maximum atomic E-state index is 13.0. The molecule has 1 aromatic heterocycles. The highest BCUT2D eigenvalue weighted by Crippen LogP contribution is 2.33. The highest BCUT2D eigenvalue weighted by Gasteiger charge is 2.34. The molecule has 0 spiro atoms. The van der Waals surface area contributed by atoms with Crippen molar-refractivity contribution in [2.24, 2.45) is 0 Å². The summed E-state index contributed by atoms with van der Waals surface area (Å²) >= 11 is 0. The molecule has 0 unspecified atom stereocenters. The molecule has 0 bridgehead atoms. The molecule has 1 fully saturated rings. The van der Waals surface area contributed by atoms with Gasteiger partial charge in [0.05, 0.1) is 11.3 Å². The molecule has 1 aliphatic heterocycles. The van der Waals surface area contributed by atoms with E-state index in [2.05, 4.69) is 4.98 Å². The van der Waals surface area contributed by atoms with Gasteiger partial charge in [0, 0.05) is 25.1 Å². The Balaban J connectivity index is 1.94. The molecule has 2 heterocycles. The van der Waals surface area contributed by atoms with Crippen molar-refractivity contribution in [2.75, 3.05) is 6.54 Å². The number of hydrogen-bond acceptors (Lipinski definition) is 3. The quantitative estimate of drug-likeness (QED) is 0.830. The maximum absolute atomic E-state index is 13.0. The number of aryl methyl sites for hydroxylation is 1. The second kappa shape index (κ2) is 6.79. The predicted molar refractivity (Wildman–Crippen MR) is 88.8 cm³/mol. The molecule has 134 valence electrons. The Labute approximate surface area is 148 Å². The zero-order chi connectivity index (χ0) is 18.9. The topological polar surface area (TPSA) is 57.0 Å². The van der Waals surface area contributed by atoms with Gasteiger partial charge in [-0.2, -0.15) is 18.4 Å². The van der Waals surface area contributed by atoms with Crippen molar-refractivity contribution in [1.29, 1.82) is 5.26 Å². The molecule has 2 aromatic rings. The summed E-state index contributed by atoms with van der Waals surface area (Å²) in [6, 6.07) is 9.60. The second-order valence-corrected chi connectivity index (χ2v) is 6.27. The molecule has 0 atom stereocenters. The fourth-order valence-corrected chi connectivity index (χ4v) is 3.03. The van der Waals surface area contributed by atoms with Crippen molar-refractivity contribution < 1.29 is 18.0 Å². The van der Waals surface area contributed by atoms with Crippen LogP contribution in [-0.4, -0.2) is 22.3 Å². The average Bonchev–Trinajstić information content (AvgIpc) is 2.99. The molecule has 1 saturated heterocycles. The normalized spacial score (nSPS) is 14.6. The number of nitrogens with zero attached hydrogens (tertiary/aromatic N) is 3. The molecular formula is C19H16F3N3O. The fraction of sp³-hybridized carbons (Fsp3) is 0.316. The number of aromatic nitrogens is 1. The summed E-state index contributed by atoms with van der Waals surface area (Å²) in [5.74, 6) is 0.107. The van der Waals surface area contributed by atoms with Crippen LogP contribution in [0.5, 0.6) is 0 Å². The molecule has 0 aliphatic carbocycles. The third-order valence-corrected chi connectivity index (χ3v) is 4.39. The summed E-state index contributed by atoms with van der Waals surface area (Å²) in [4.78, 5) is 17.1. The number of hydrogen-bond donors (Lipinski definition) is 0. The van der Waals surface area contributed by atoms with E-state index >= 15 is 0 Å². The first kappa shape index (κ1) is 17.9. The van der Waals surface area contributed by atoms with E-state index < -0.39 is 11.9 Å². The Morgan fingerprint density at radius 1 is 1.27 bits per heavy atom. The SMILES string of the molecule is Cc1cc(C(F)(F)F)nc(-c2ccc(CN3CCCC3=O)cc2)c1C#N. The number of carbonyl (C=O) groups excluding carboxylic acids is 1. The zero-order valence-corrected chi connectivity index (χ0v) is 14.1. The van der Waals surface area contributed by atoms with Crippen molar-refractivity contribution in [1.82, 2.24) is 9.88 Å². The zero-order valence-electron chi connectivity index (χ0n) is 14.1. The van der Waals surface area contributed by atoms with Crippen LogP contribution < -0.4 is 0 Å². The Hall–Kier alpha value is -2.88. The highest BCUT2D eigenvalue weighted by molar-refractivity contribution is 5.78. The van der Waals surface area contributed by atoms with Crippen molar-refractivity contribution >= 4 is 5.91 Å². The highest BCUT2D eigenvalue weighted by atomic mass is 19.4. The molecule has 0 radical (unpaired) electrons. The molecule has 26 heavy (non-hydrogen) atoms. The van der Waals surface area contributed by atoms with Crippen LogP contribution in [0.1, 0.15) is 35.2 Å². The van der Waals surface area contributed by atoms with E-state index in [1.54, 1.807) is 29.2 Å². The third-order valence-electron chi connectivity index (χ3n) is 4.39. The molecule has 4 nitrogen and oxygen atoms in total. The number of carbonyl (C=O) groups is 1. The molecule has 0 N–H and O–H groups in total. The van der Waals surface area contributed by atoms with Gasteiger partial charge in [0.1, 0.15) is 11.8 Å². The minimum atomic E-state index is -4.58. The summed E-state index contributed by atoms with van der Waals surface area (Å²) < 4.78 is 39.1. The summed E-state index contributed by atoms with van der Waals surface area (Å²) in [7, 11) is 0. The monoisotopic (exact) mass is 359 g/mol. The van der Waals surface area contributed by atoms with Gasteiger partial charge in [0.25, 0.3) is 0 Å². The second-order valence-electron chi connectivity index (χ2n) is 6.27. The maximum Gasteiger partial charge on any atom is 0.433 e. The Morgan fingerprint density at radius 3 is 2.50 bits per heavy atom. The van der Waals surface area contributed by atoms with Crippen LogP contribution in [0, 0.1) is 18.3 Å². The Bertz CT molecular complexity index is 883. The lowest BCUT2D eigenvalue weighted by Crippen LogP contribution is -2.23. The first-order chi connectivity index (χ1) is 12.3. The molecule has 0 saturated carbocycles. The van der Waals surface area contributed by atoms with Crippen LogP contribution in [0.4, 0.5) is 13.2 Å². The van der Waals surface area contributed by atoms with E-state index in [0.29, 0.717) is 25.1 Å². The molecule has 7 heteroatoms. The van der Waals surface area contributed by atoms with Crippen LogP contribution in [0.2, 0.25) is 0 Å². The number of likely N-dealkylation sites (tertiary alicyclic amines) is 1. The van der Waals surface area contributed by atoms with Crippen LogP contribution in [0.25, 0.3) is 11.3 Å². The molecule has 1 aliphatic rings. The van der Waals surface area contributed by atoms with Gasteiger partial charge in [-0.05, 0) is 30.5 Å². The van der Waals surface area contributed by atoms with E-state index in [4.69, 9.17) is 0 Å². The number of amides is 1. The summed E-state index contributed by atoms with van der Waals surface area (Å²) in [5, 5.41) is 9.31. The van der Waals surface area contributed by atoms with Gasteiger partial charge < -0.3 is 4.90 Å². The summed E-state index contributed by atoms with van der Waals surface area (Å²) in [5.41, 5.74) is 0.676. The summed E-state index contributed by atoms with van der Waals surface area (Å²) in [6.45, 7) is 2.65. The number of alkyl halides is 3. The van der Waals surface area contributed by atoms with Gasteiger partial charge in [-0.15, -0.1) is 0 Å². The van der Waals surface area contributed by atoms with Crippen molar-refractivity contribution in [3.8, 4) is 17.3 Å². The van der Waals surface area contributed by atoms with Gasteiger partial charge in [-0.1, -0.05) is 24.3 Å². The number of rotatable bonds is 3. The van der Waals surface area contributed by atoms with Crippen LogP contribution >= 0.6 is 0 Å². The Kier molecular flexibility index (Phi) is 4.68.